The van der Waals surface area contributed by atoms with Gasteiger partial charge in [-0.15, -0.1) is 0 Å². The van der Waals surface area contributed by atoms with Crippen LogP contribution < -0.4 is 11.1 Å². The lowest BCUT2D eigenvalue weighted by Crippen LogP contribution is -2.60. The van der Waals surface area contributed by atoms with Crippen molar-refractivity contribution < 1.29 is 23.1 Å². The van der Waals surface area contributed by atoms with E-state index in [0.717, 1.165) is 29.5 Å². The summed E-state index contributed by atoms with van der Waals surface area (Å²) in [6.45, 7) is 6.03. The van der Waals surface area contributed by atoms with Gasteiger partial charge in [-0.3, -0.25) is 14.8 Å². The molecule has 1 fully saturated rings. The zero-order valence-corrected chi connectivity index (χ0v) is 19.0. The van der Waals surface area contributed by atoms with Gasteiger partial charge in [-0.2, -0.15) is 5.10 Å². The van der Waals surface area contributed by atoms with Gasteiger partial charge in [-0.05, 0) is 45.4 Å². The summed E-state index contributed by atoms with van der Waals surface area (Å²) in [6, 6.07) is 0.841. The minimum Gasteiger partial charge on any atom is -0.444 e. The third-order valence-electron chi connectivity index (χ3n) is 6.04. The van der Waals surface area contributed by atoms with E-state index in [1.54, 1.807) is 20.8 Å². The summed E-state index contributed by atoms with van der Waals surface area (Å²) in [6.07, 6.45) is -0.517. The van der Waals surface area contributed by atoms with Crippen LogP contribution in [0, 0.1) is 11.6 Å². The van der Waals surface area contributed by atoms with Gasteiger partial charge in [0.05, 0.1) is 23.8 Å². The number of nitrogen functional groups attached to an aromatic ring is 1. The molecule has 3 heterocycles. The first-order valence-electron chi connectivity index (χ1n) is 10.7. The van der Waals surface area contributed by atoms with Crippen LogP contribution in [-0.4, -0.2) is 56.7 Å². The number of H-pyrrole nitrogens is 1. The van der Waals surface area contributed by atoms with Crippen LogP contribution in [0.25, 0.3) is 0 Å². The molecule has 11 heteroatoms. The van der Waals surface area contributed by atoms with E-state index in [1.165, 1.54) is 11.9 Å². The number of ether oxygens (including phenoxy) is 1. The molecule has 2 aromatic rings. The predicted molar refractivity (Wildman–Crippen MR) is 116 cm³/mol. The highest BCUT2D eigenvalue weighted by Gasteiger charge is 2.46. The molecule has 9 nitrogen and oxygen atoms in total. The van der Waals surface area contributed by atoms with Gasteiger partial charge in [0.25, 0.3) is 0 Å². The standard InChI is InChI=1S/C22H28F2N6O3/c1-22(2,3)33-21(32)26-15-8-17(30-9-13-16(10-30)27-28-19(13)25)20(31)29(4)18(15)12-7-11(23)5-6-14(12)24/h5-7,15,17-18H,8-10H2,1-4H3,(H,26,32)(H3,25,27,28)/t15?,17?,18-/m1/s1. The maximum atomic E-state index is 14.7. The Labute approximate surface area is 190 Å². The first-order valence-corrected chi connectivity index (χ1v) is 10.7. The van der Waals surface area contributed by atoms with Crippen LogP contribution in [0.4, 0.5) is 19.4 Å². The van der Waals surface area contributed by atoms with Crippen molar-refractivity contribution in [3.05, 3.63) is 46.7 Å². The first-order chi connectivity index (χ1) is 15.4. The maximum Gasteiger partial charge on any atom is 0.407 e. The number of hydrogen-bond donors (Lipinski definition) is 3. The number of alkyl carbamates (subject to hydrolysis) is 1. The summed E-state index contributed by atoms with van der Waals surface area (Å²) >= 11 is 0. The van der Waals surface area contributed by atoms with Crippen LogP contribution in [0.2, 0.25) is 0 Å². The monoisotopic (exact) mass is 462 g/mol. The molecule has 1 aromatic carbocycles. The fourth-order valence-corrected chi connectivity index (χ4v) is 4.59. The minimum absolute atomic E-state index is 0.00885. The normalized spacial score (nSPS) is 23.5. The van der Waals surface area contributed by atoms with E-state index in [-0.39, 0.29) is 17.9 Å². The lowest BCUT2D eigenvalue weighted by Gasteiger charge is -2.45. The van der Waals surface area contributed by atoms with Crippen LogP contribution >= 0.6 is 0 Å². The van der Waals surface area contributed by atoms with Crippen LogP contribution in [0.3, 0.4) is 0 Å². The average molecular weight is 463 g/mol. The Balaban J connectivity index is 1.65. The number of fused-ring (bicyclic) bond motifs is 1. The Bertz CT molecular complexity index is 1080. The number of hydrogen-bond acceptors (Lipinski definition) is 6. The number of amides is 2. The summed E-state index contributed by atoms with van der Waals surface area (Å²) in [5, 5.41) is 9.65. The highest BCUT2D eigenvalue weighted by Crippen LogP contribution is 2.37. The van der Waals surface area contributed by atoms with Crippen molar-refractivity contribution >= 4 is 17.8 Å². The van der Waals surface area contributed by atoms with Gasteiger partial charge >= 0.3 is 6.09 Å². The second-order valence-electron chi connectivity index (χ2n) is 9.53. The molecule has 2 amide bonds. The molecule has 4 rings (SSSR count). The minimum atomic E-state index is -0.913. The van der Waals surface area contributed by atoms with Crippen molar-refractivity contribution in [3.63, 3.8) is 0 Å². The van der Waals surface area contributed by atoms with E-state index in [2.05, 4.69) is 15.5 Å². The SMILES string of the molecule is CN1C(=O)C(N2Cc3[nH]nc(N)c3C2)CC(NC(=O)OC(C)(C)C)[C@H]1c1cc(F)ccc1F. The summed E-state index contributed by atoms with van der Waals surface area (Å²) in [5.74, 6) is -1.17. The number of benzene rings is 1. The number of carbonyl (C=O) groups is 2. The number of nitrogens with two attached hydrogens (primary N) is 1. The number of piperidine rings is 1. The lowest BCUT2D eigenvalue weighted by molar-refractivity contribution is -0.144. The van der Waals surface area contributed by atoms with Crippen molar-refractivity contribution in [2.45, 2.75) is 64.0 Å². The molecule has 1 saturated heterocycles. The number of halogens is 2. The summed E-state index contributed by atoms with van der Waals surface area (Å²) < 4.78 is 34.1. The van der Waals surface area contributed by atoms with Gasteiger partial charge in [0.2, 0.25) is 5.91 Å². The number of nitrogens with one attached hydrogen (secondary N) is 2. The first kappa shape index (κ1) is 23.0. The number of aromatic amines is 1. The Hall–Kier alpha value is -3.21. The quantitative estimate of drug-likeness (QED) is 0.645. The van der Waals surface area contributed by atoms with Crippen LogP contribution in [0.1, 0.15) is 50.1 Å². The smallest absolute Gasteiger partial charge is 0.407 e. The molecule has 2 aliphatic rings. The van der Waals surface area contributed by atoms with E-state index in [9.17, 15) is 18.4 Å². The van der Waals surface area contributed by atoms with Crippen LogP contribution in [-0.2, 0) is 22.6 Å². The van der Waals surface area contributed by atoms with E-state index < -0.39 is 41.5 Å². The third-order valence-corrected chi connectivity index (χ3v) is 6.04. The molecule has 3 atom stereocenters. The van der Waals surface area contributed by atoms with Gasteiger partial charge in [0.15, 0.2) is 0 Å². The molecule has 0 radical (unpaired) electrons. The third kappa shape index (κ3) is 4.50. The average Bonchev–Trinajstić information content (AvgIpc) is 3.27. The number of likely N-dealkylation sites (N-methyl/N-ethyl adjacent to an activating group) is 1. The molecule has 0 saturated carbocycles. The van der Waals surface area contributed by atoms with E-state index in [1.807, 2.05) is 4.90 Å². The molecule has 2 aliphatic heterocycles. The molecule has 0 spiro atoms. The summed E-state index contributed by atoms with van der Waals surface area (Å²) in [7, 11) is 1.53. The van der Waals surface area contributed by atoms with Crippen LogP contribution in [0.5, 0.6) is 0 Å². The van der Waals surface area contributed by atoms with Gasteiger partial charge in [-0.1, -0.05) is 0 Å². The number of aromatic nitrogens is 2. The number of nitrogens with zero attached hydrogens (tertiary/aromatic N) is 3. The molecule has 1 aromatic heterocycles. The van der Waals surface area contributed by atoms with Crippen molar-refractivity contribution in [2.75, 3.05) is 12.8 Å². The Morgan fingerprint density at radius 2 is 2.03 bits per heavy atom. The molecule has 4 N–H and O–H groups in total. The maximum absolute atomic E-state index is 14.7. The fraction of sp³-hybridized carbons (Fsp3) is 0.500. The topological polar surface area (TPSA) is 117 Å². The van der Waals surface area contributed by atoms with Crippen molar-refractivity contribution in [1.29, 1.82) is 0 Å². The van der Waals surface area contributed by atoms with Gasteiger partial charge in [0, 0.05) is 31.3 Å². The van der Waals surface area contributed by atoms with E-state index in [0.29, 0.717) is 18.9 Å². The van der Waals surface area contributed by atoms with E-state index in [4.69, 9.17) is 10.5 Å². The predicted octanol–water partition coefficient (Wildman–Crippen LogP) is 2.45. The number of likely N-dealkylation sites (tertiary alicyclic amines) is 1. The van der Waals surface area contributed by atoms with Crippen molar-refractivity contribution in [1.82, 2.24) is 25.3 Å². The fourth-order valence-electron chi connectivity index (χ4n) is 4.59. The zero-order chi connectivity index (χ0) is 24.1. The van der Waals surface area contributed by atoms with E-state index >= 15 is 0 Å². The van der Waals surface area contributed by atoms with Gasteiger partial charge in [0.1, 0.15) is 23.1 Å². The molecule has 0 bridgehead atoms. The molecule has 2 unspecified atom stereocenters. The number of anilines is 1. The van der Waals surface area contributed by atoms with Crippen LogP contribution in [0.15, 0.2) is 18.2 Å². The molecule has 178 valence electrons. The van der Waals surface area contributed by atoms with Gasteiger partial charge in [-0.25, -0.2) is 13.6 Å². The summed E-state index contributed by atoms with van der Waals surface area (Å²) in [4.78, 5) is 29.3. The number of carbonyl (C=O) groups excluding carboxylic acids is 2. The largest absolute Gasteiger partial charge is 0.444 e. The summed E-state index contributed by atoms with van der Waals surface area (Å²) in [5.41, 5.74) is 6.82. The molecular weight excluding hydrogens is 434 g/mol. The Kier molecular flexibility index (Phi) is 5.77. The second kappa shape index (κ2) is 8.29. The zero-order valence-electron chi connectivity index (χ0n) is 19.0. The molecule has 33 heavy (non-hydrogen) atoms. The highest BCUT2D eigenvalue weighted by molar-refractivity contribution is 5.84. The van der Waals surface area contributed by atoms with Gasteiger partial charge < -0.3 is 20.7 Å². The molecule has 0 aliphatic carbocycles. The lowest BCUT2D eigenvalue weighted by atomic mass is 9.87. The number of rotatable bonds is 3. The van der Waals surface area contributed by atoms with Crippen molar-refractivity contribution in [2.24, 2.45) is 0 Å². The highest BCUT2D eigenvalue weighted by atomic mass is 19.1. The molecular formula is C22H28F2N6O3. The Morgan fingerprint density at radius 1 is 1.30 bits per heavy atom. The Morgan fingerprint density at radius 3 is 2.70 bits per heavy atom. The second-order valence-corrected chi connectivity index (χ2v) is 9.53. The van der Waals surface area contributed by atoms with Crippen molar-refractivity contribution in [3.8, 4) is 0 Å².